The summed E-state index contributed by atoms with van der Waals surface area (Å²) in [6.07, 6.45) is 2.85. The second kappa shape index (κ2) is 7.11. The van der Waals surface area contributed by atoms with Gasteiger partial charge < -0.3 is 4.74 Å². The highest BCUT2D eigenvalue weighted by molar-refractivity contribution is 9.09. The highest BCUT2D eigenvalue weighted by Crippen LogP contribution is 2.13. The fourth-order valence-corrected chi connectivity index (χ4v) is 2.00. The van der Waals surface area contributed by atoms with Crippen molar-refractivity contribution >= 4 is 15.9 Å². The van der Waals surface area contributed by atoms with Crippen molar-refractivity contribution in [1.82, 2.24) is 0 Å². The Bertz CT molecular complexity index is 75.6. The minimum absolute atomic E-state index is 0.425. The topological polar surface area (TPSA) is 9.23 Å². The maximum atomic E-state index is 5.44. The van der Waals surface area contributed by atoms with Crippen molar-refractivity contribution in [2.24, 2.45) is 5.92 Å². The molecule has 68 valence electrons. The summed E-state index contributed by atoms with van der Waals surface area (Å²) < 4.78 is 5.44. The molecule has 1 nitrogen and oxygen atoms in total. The minimum Gasteiger partial charge on any atom is -0.379 e. The van der Waals surface area contributed by atoms with Gasteiger partial charge in [-0.15, -0.1) is 0 Å². The van der Waals surface area contributed by atoms with E-state index in [2.05, 4.69) is 29.8 Å². The molecule has 0 spiro atoms. The zero-order chi connectivity index (χ0) is 8.69. The third-order valence-electron chi connectivity index (χ3n) is 1.79. The van der Waals surface area contributed by atoms with Gasteiger partial charge in [0.2, 0.25) is 0 Å². The van der Waals surface area contributed by atoms with Gasteiger partial charge in [-0.1, -0.05) is 22.9 Å². The van der Waals surface area contributed by atoms with Crippen molar-refractivity contribution in [3.05, 3.63) is 0 Å². The average molecular weight is 223 g/mol. The third-order valence-corrected chi connectivity index (χ3v) is 2.25. The Morgan fingerprint density at radius 2 is 2.00 bits per heavy atom. The molecule has 0 aliphatic carbocycles. The molecule has 11 heavy (non-hydrogen) atoms. The molecule has 2 atom stereocenters. The molecule has 0 N–H and O–H groups in total. The van der Waals surface area contributed by atoms with Gasteiger partial charge in [0, 0.05) is 11.9 Å². The van der Waals surface area contributed by atoms with Crippen LogP contribution >= 0.6 is 15.9 Å². The summed E-state index contributed by atoms with van der Waals surface area (Å²) in [6.45, 7) is 7.30. The summed E-state index contributed by atoms with van der Waals surface area (Å²) in [7, 11) is 0. The Labute approximate surface area is 78.6 Å². The van der Waals surface area contributed by atoms with Gasteiger partial charge in [-0.05, 0) is 32.6 Å². The average Bonchev–Trinajstić information content (AvgIpc) is 1.87. The van der Waals surface area contributed by atoms with Gasteiger partial charge in [-0.2, -0.15) is 0 Å². The molecule has 0 amide bonds. The molecule has 0 fully saturated rings. The lowest BCUT2D eigenvalue weighted by atomic mass is 10.0. The molecule has 0 heterocycles. The van der Waals surface area contributed by atoms with E-state index < -0.39 is 0 Å². The Balaban J connectivity index is 3.32. The van der Waals surface area contributed by atoms with Crippen LogP contribution in [0.2, 0.25) is 0 Å². The van der Waals surface area contributed by atoms with Crippen molar-refractivity contribution in [2.45, 2.75) is 39.7 Å². The van der Waals surface area contributed by atoms with Gasteiger partial charge in [0.25, 0.3) is 0 Å². The lowest BCUT2D eigenvalue weighted by Gasteiger charge is -2.15. The van der Waals surface area contributed by atoms with Crippen molar-refractivity contribution in [1.29, 1.82) is 0 Å². The Morgan fingerprint density at radius 1 is 1.36 bits per heavy atom. The molecule has 0 rings (SSSR count). The van der Waals surface area contributed by atoms with E-state index in [4.69, 9.17) is 4.74 Å². The molecule has 0 aromatic rings. The van der Waals surface area contributed by atoms with Crippen molar-refractivity contribution in [3.63, 3.8) is 0 Å². The highest BCUT2D eigenvalue weighted by Gasteiger charge is 2.07. The van der Waals surface area contributed by atoms with Gasteiger partial charge in [0.15, 0.2) is 0 Å². The fraction of sp³-hybridized carbons (Fsp3) is 1.00. The molecular weight excluding hydrogens is 204 g/mol. The van der Waals surface area contributed by atoms with Gasteiger partial charge in [0.05, 0.1) is 6.10 Å². The molecule has 0 aromatic heterocycles. The SMILES string of the molecule is CCOC(C)C[C@@H](C)CCBr. The van der Waals surface area contributed by atoms with Crippen LogP contribution in [0, 0.1) is 5.92 Å². The first-order valence-corrected chi connectivity index (χ1v) is 5.50. The van der Waals surface area contributed by atoms with Crippen LogP contribution in [0.3, 0.4) is 0 Å². The standard InChI is InChI=1S/C9H19BrO/c1-4-11-9(3)7-8(2)5-6-10/h8-9H,4-7H2,1-3H3/t8-,9?/m0/s1. The molecular formula is C9H19BrO. The number of halogens is 1. The smallest absolute Gasteiger partial charge is 0.0549 e. The normalized spacial score (nSPS) is 16.4. The Kier molecular flexibility index (Phi) is 7.39. The number of alkyl halides is 1. The quantitative estimate of drug-likeness (QED) is 0.628. The molecule has 2 heteroatoms. The number of hydrogen-bond acceptors (Lipinski definition) is 1. The van der Waals surface area contributed by atoms with E-state index in [1.54, 1.807) is 0 Å². The van der Waals surface area contributed by atoms with Crippen LogP contribution in [0.1, 0.15) is 33.6 Å². The van der Waals surface area contributed by atoms with E-state index in [0.717, 1.165) is 17.9 Å². The summed E-state index contributed by atoms with van der Waals surface area (Å²) >= 11 is 3.44. The van der Waals surface area contributed by atoms with E-state index in [0.29, 0.717) is 6.10 Å². The largest absolute Gasteiger partial charge is 0.379 e. The van der Waals surface area contributed by atoms with Crippen LogP contribution in [-0.2, 0) is 4.74 Å². The van der Waals surface area contributed by atoms with Gasteiger partial charge >= 0.3 is 0 Å². The molecule has 0 aliphatic heterocycles. The molecule has 0 saturated heterocycles. The molecule has 0 radical (unpaired) electrons. The number of rotatable bonds is 6. The summed E-state index contributed by atoms with van der Waals surface area (Å²) in [6, 6.07) is 0. The first-order chi connectivity index (χ1) is 5.20. The fourth-order valence-electron chi connectivity index (χ4n) is 1.22. The van der Waals surface area contributed by atoms with Crippen LogP contribution in [0.4, 0.5) is 0 Å². The predicted octanol–water partition coefficient (Wildman–Crippen LogP) is 3.22. The lowest BCUT2D eigenvalue weighted by Crippen LogP contribution is -2.12. The molecule has 0 saturated carbocycles. The molecule has 0 bridgehead atoms. The van der Waals surface area contributed by atoms with Gasteiger partial charge in [-0.25, -0.2) is 0 Å². The number of ether oxygens (including phenoxy) is 1. The first-order valence-electron chi connectivity index (χ1n) is 4.38. The molecule has 0 aromatic carbocycles. The zero-order valence-corrected chi connectivity index (χ0v) is 9.36. The monoisotopic (exact) mass is 222 g/mol. The van der Waals surface area contributed by atoms with E-state index in [9.17, 15) is 0 Å². The predicted molar refractivity (Wildman–Crippen MR) is 53.3 cm³/mol. The maximum Gasteiger partial charge on any atom is 0.0549 e. The third kappa shape index (κ3) is 6.82. The van der Waals surface area contributed by atoms with E-state index in [1.807, 2.05) is 6.92 Å². The van der Waals surface area contributed by atoms with Crippen LogP contribution in [-0.4, -0.2) is 18.0 Å². The molecule has 1 unspecified atom stereocenters. The highest BCUT2D eigenvalue weighted by atomic mass is 79.9. The van der Waals surface area contributed by atoms with E-state index in [-0.39, 0.29) is 0 Å². The van der Waals surface area contributed by atoms with Crippen LogP contribution in [0.25, 0.3) is 0 Å². The van der Waals surface area contributed by atoms with E-state index >= 15 is 0 Å². The zero-order valence-electron chi connectivity index (χ0n) is 7.77. The lowest BCUT2D eigenvalue weighted by molar-refractivity contribution is 0.0595. The summed E-state index contributed by atoms with van der Waals surface area (Å²) in [5.41, 5.74) is 0. The Hall–Kier alpha value is 0.440. The minimum atomic E-state index is 0.425. The maximum absolute atomic E-state index is 5.44. The first kappa shape index (κ1) is 11.4. The van der Waals surface area contributed by atoms with Crippen molar-refractivity contribution in [2.75, 3.05) is 11.9 Å². The summed E-state index contributed by atoms with van der Waals surface area (Å²) in [4.78, 5) is 0. The van der Waals surface area contributed by atoms with Crippen molar-refractivity contribution < 1.29 is 4.74 Å². The summed E-state index contributed by atoms with van der Waals surface area (Å²) in [5.74, 6) is 0.774. The van der Waals surface area contributed by atoms with Crippen LogP contribution < -0.4 is 0 Å². The van der Waals surface area contributed by atoms with Gasteiger partial charge in [0.1, 0.15) is 0 Å². The van der Waals surface area contributed by atoms with E-state index in [1.165, 1.54) is 12.8 Å². The second-order valence-electron chi connectivity index (χ2n) is 3.08. The second-order valence-corrected chi connectivity index (χ2v) is 3.88. The van der Waals surface area contributed by atoms with Gasteiger partial charge in [-0.3, -0.25) is 0 Å². The Morgan fingerprint density at radius 3 is 2.45 bits per heavy atom. The molecule has 0 aliphatic rings. The van der Waals surface area contributed by atoms with Crippen LogP contribution in [0.5, 0.6) is 0 Å². The summed E-state index contributed by atoms with van der Waals surface area (Å²) in [5, 5.41) is 1.10. The van der Waals surface area contributed by atoms with Crippen molar-refractivity contribution in [3.8, 4) is 0 Å². The van der Waals surface area contributed by atoms with Crippen LogP contribution in [0.15, 0.2) is 0 Å². The number of hydrogen-bond donors (Lipinski definition) is 0.